The van der Waals surface area contributed by atoms with Gasteiger partial charge in [-0.2, -0.15) is 0 Å². The van der Waals surface area contributed by atoms with Gasteiger partial charge in [0.15, 0.2) is 5.82 Å². The first-order valence-corrected chi connectivity index (χ1v) is 4.18. The van der Waals surface area contributed by atoms with Crippen molar-refractivity contribution in [3.63, 3.8) is 0 Å². The van der Waals surface area contributed by atoms with E-state index < -0.39 is 11.8 Å². The van der Waals surface area contributed by atoms with Crippen LogP contribution in [0, 0.1) is 5.82 Å². The summed E-state index contributed by atoms with van der Waals surface area (Å²) in [6.45, 7) is 0. The Kier molecular flexibility index (Phi) is 2.74. The molecule has 0 bridgehead atoms. The van der Waals surface area contributed by atoms with Gasteiger partial charge in [0.2, 0.25) is 0 Å². The topological polar surface area (TPSA) is 37.3 Å². The predicted molar refractivity (Wildman–Crippen MR) is 48.3 cm³/mol. The zero-order valence-corrected chi connectivity index (χ0v) is 8.19. The summed E-state index contributed by atoms with van der Waals surface area (Å²) in [6, 6.07) is 2.59. The third-order valence-corrected chi connectivity index (χ3v) is 2.41. The fourth-order valence-electron chi connectivity index (χ4n) is 0.704. The Morgan fingerprint density at radius 2 is 2.17 bits per heavy atom. The van der Waals surface area contributed by atoms with Crippen LogP contribution in [-0.2, 0) is 0 Å². The highest BCUT2D eigenvalue weighted by atomic mass is 79.9. The molecule has 0 aliphatic carbocycles. The van der Waals surface area contributed by atoms with Gasteiger partial charge in [-0.1, -0.05) is 0 Å². The van der Waals surface area contributed by atoms with Crippen molar-refractivity contribution in [3.8, 4) is 0 Å². The number of aromatic carboxylic acids is 1. The molecule has 0 saturated heterocycles. The molecule has 0 aliphatic heterocycles. The highest BCUT2D eigenvalue weighted by Crippen LogP contribution is 2.25. The van der Waals surface area contributed by atoms with Crippen molar-refractivity contribution in [2.45, 2.75) is 4.90 Å². The number of carbonyl (C=O) groups is 1. The third kappa shape index (κ3) is 1.61. The molecule has 0 atom stereocenters. The summed E-state index contributed by atoms with van der Waals surface area (Å²) in [5.74, 6) is -1.83. The van der Waals surface area contributed by atoms with Crippen LogP contribution in [0.5, 0.6) is 0 Å². The first-order valence-electron chi connectivity index (χ1n) is 2.94. The van der Waals surface area contributed by atoms with Gasteiger partial charge in [-0.05, 0) is 28.1 Å². The molecule has 0 amide bonds. The van der Waals surface area contributed by atoms with E-state index in [2.05, 4.69) is 28.6 Å². The van der Waals surface area contributed by atoms with Crippen LogP contribution in [0.3, 0.4) is 0 Å². The Morgan fingerprint density at radius 3 is 2.67 bits per heavy atom. The Labute approximate surface area is 81.9 Å². The zero-order valence-electron chi connectivity index (χ0n) is 5.71. The van der Waals surface area contributed by atoms with Crippen molar-refractivity contribution in [3.05, 3.63) is 28.0 Å². The number of hydrogen-bond donors (Lipinski definition) is 2. The van der Waals surface area contributed by atoms with Crippen LogP contribution in [0.1, 0.15) is 10.4 Å². The maximum atomic E-state index is 13.0. The number of rotatable bonds is 1. The summed E-state index contributed by atoms with van der Waals surface area (Å²) in [5, 5.41) is 8.56. The van der Waals surface area contributed by atoms with Crippen molar-refractivity contribution in [2.75, 3.05) is 0 Å². The lowest BCUT2D eigenvalue weighted by Crippen LogP contribution is -1.99. The van der Waals surface area contributed by atoms with E-state index in [1.807, 2.05) is 0 Å². The zero-order chi connectivity index (χ0) is 9.30. The van der Waals surface area contributed by atoms with Crippen molar-refractivity contribution in [1.82, 2.24) is 0 Å². The van der Waals surface area contributed by atoms with E-state index in [-0.39, 0.29) is 14.9 Å². The predicted octanol–water partition coefficient (Wildman–Crippen LogP) is 2.58. The standard InChI is InChI=1S/C7H4BrFO2S/c8-5-3(7(10)11)1-2-4(12)6(5)9/h1-2,12H,(H,10,11). The van der Waals surface area contributed by atoms with E-state index >= 15 is 0 Å². The minimum atomic E-state index is -1.17. The van der Waals surface area contributed by atoms with E-state index in [1.54, 1.807) is 0 Å². The molecule has 1 aromatic rings. The second kappa shape index (κ2) is 3.45. The summed E-state index contributed by atoms with van der Waals surface area (Å²) in [4.78, 5) is 10.6. The van der Waals surface area contributed by atoms with Crippen LogP contribution < -0.4 is 0 Å². The van der Waals surface area contributed by atoms with Crippen LogP contribution >= 0.6 is 28.6 Å². The van der Waals surface area contributed by atoms with E-state index in [9.17, 15) is 9.18 Å². The number of thiol groups is 1. The molecule has 0 aromatic heterocycles. The Balaban J connectivity index is 3.36. The van der Waals surface area contributed by atoms with Gasteiger partial charge in [0, 0.05) is 4.90 Å². The lowest BCUT2D eigenvalue weighted by Gasteiger charge is -2.01. The van der Waals surface area contributed by atoms with E-state index in [4.69, 9.17) is 5.11 Å². The second-order valence-electron chi connectivity index (χ2n) is 2.07. The van der Waals surface area contributed by atoms with Gasteiger partial charge in [-0.3, -0.25) is 0 Å². The summed E-state index contributed by atoms with van der Waals surface area (Å²) in [7, 11) is 0. The minimum Gasteiger partial charge on any atom is -0.478 e. The summed E-state index contributed by atoms with van der Waals surface area (Å²) in [6.07, 6.45) is 0. The van der Waals surface area contributed by atoms with Gasteiger partial charge in [0.05, 0.1) is 10.0 Å². The lowest BCUT2D eigenvalue weighted by atomic mass is 10.2. The van der Waals surface area contributed by atoms with Crippen LogP contribution in [0.15, 0.2) is 21.5 Å². The molecule has 1 aromatic carbocycles. The van der Waals surface area contributed by atoms with Gasteiger partial charge in [-0.15, -0.1) is 12.6 Å². The third-order valence-electron chi connectivity index (χ3n) is 1.29. The van der Waals surface area contributed by atoms with Gasteiger partial charge >= 0.3 is 5.97 Å². The van der Waals surface area contributed by atoms with Crippen LogP contribution in [0.4, 0.5) is 4.39 Å². The van der Waals surface area contributed by atoms with Gasteiger partial charge in [0.1, 0.15) is 0 Å². The van der Waals surface area contributed by atoms with Crippen LogP contribution in [0.2, 0.25) is 0 Å². The number of benzene rings is 1. The highest BCUT2D eigenvalue weighted by molar-refractivity contribution is 9.10. The van der Waals surface area contributed by atoms with Crippen LogP contribution in [-0.4, -0.2) is 11.1 Å². The molecule has 12 heavy (non-hydrogen) atoms. The molecule has 0 spiro atoms. The summed E-state index contributed by atoms with van der Waals surface area (Å²) in [5.41, 5.74) is -0.106. The molecular weight excluding hydrogens is 247 g/mol. The smallest absolute Gasteiger partial charge is 0.336 e. The maximum Gasteiger partial charge on any atom is 0.336 e. The average molecular weight is 251 g/mol. The summed E-state index contributed by atoms with van der Waals surface area (Å²) < 4.78 is 12.9. The first-order chi connectivity index (χ1) is 5.54. The van der Waals surface area contributed by atoms with Crippen molar-refractivity contribution in [2.24, 2.45) is 0 Å². The molecule has 5 heteroatoms. The van der Waals surface area contributed by atoms with Crippen molar-refractivity contribution in [1.29, 1.82) is 0 Å². The average Bonchev–Trinajstić information content (AvgIpc) is 2.00. The fourth-order valence-corrected chi connectivity index (χ4v) is 1.56. The normalized spacial score (nSPS) is 9.92. The molecule has 0 aliphatic rings. The molecule has 1 rings (SSSR count). The molecule has 0 unspecified atom stereocenters. The molecule has 1 N–H and O–H groups in total. The molecule has 0 heterocycles. The SMILES string of the molecule is O=C(O)c1ccc(S)c(F)c1Br. The molecule has 0 fully saturated rings. The summed E-state index contributed by atoms with van der Waals surface area (Å²) >= 11 is 6.61. The molecule has 2 nitrogen and oxygen atoms in total. The molecule has 64 valence electrons. The molecule has 0 saturated carbocycles. The molecule has 0 radical (unpaired) electrons. The van der Waals surface area contributed by atoms with Gasteiger partial charge < -0.3 is 5.11 Å². The monoisotopic (exact) mass is 250 g/mol. The van der Waals surface area contributed by atoms with E-state index in [1.165, 1.54) is 12.1 Å². The number of halogens is 2. The largest absolute Gasteiger partial charge is 0.478 e. The minimum absolute atomic E-state index is 0.0671. The number of hydrogen-bond acceptors (Lipinski definition) is 2. The number of carboxylic acids is 1. The number of carboxylic acid groups (broad SMARTS) is 1. The maximum absolute atomic E-state index is 13.0. The van der Waals surface area contributed by atoms with Crippen molar-refractivity contribution < 1.29 is 14.3 Å². The van der Waals surface area contributed by atoms with Gasteiger partial charge in [-0.25, -0.2) is 9.18 Å². The van der Waals surface area contributed by atoms with E-state index in [0.29, 0.717) is 0 Å². The Hall–Kier alpha value is -0.550. The Morgan fingerprint density at radius 1 is 1.58 bits per heavy atom. The van der Waals surface area contributed by atoms with Crippen molar-refractivity contribution >= 4 is 34.5 Å². The van der Waals surface area contributed by atoms with Crippen LogP contribution in [0.25, 0.3) is 0 Å². The first kappa shape index (κ1) is 9.54. The molecular formula is C7H4BrFO2S. The fraction of sp³-hybridized carbons (Fsp3) is 0. The highest BCUT2D eigenvalue weighted by Gasteiger charge is 2.13. The van der Waals surface area contributed by atoms with E-state index in [0.717, 1.165) is 0 Å². The Bertz CT molecular complexity index is 340. The lowest BCUT2D eigenvalue weighted by molar-refractivity contribution is 0.0695. The quantitative estimate of drug-likeness (QED) is 0.752. The second-order valence-corrected chi connectivity index (χ2v) is 3.34. The van der Waals surface area contributed by atoms with Gasteiger partial charge in [0.25, 0.3) is 0 Å².